The minimum atomic E-state index is -0.676. The topological polar surface area (TPSA) is 105 Å². The van der Waals surface area contributed by atoms with E-state index in [1.165, 1.54) is 4.90 Å². The first-order valence-electron chi connectivity index (χ1n) is 8.47. The number of carbonyl (C=O) groups is 3. The Kier molecular flexibility index (Phi) is 6.18. The van der Waals surface area contributed by atoms with Gasteiger partial charge in [0.15, 0.2) is 0 Å². The van der Waals surface area contributed by atoms with Crippen molar-refractivity contribution in [1.29, 1.82) is 0 Å². The van der Waals surface area contributed by atoms with Crippen LogP contribution in [0.4, 0.5) is 16.2 Å². The van der Waals surface area contributed by atoms with Gasteiger partial charge in [-0.2, -0.15) is 0 Å². The number of nitrogens with one attached hydrogen (secondary N) is 2. The molecule has 0 aliphatic carbocycles. The van der Waals surface area contributed by atoms with Crippen LogP contribution in [0.25, 0.3) is 0 Å². The molecule has 0 spiro atoms. The molecule has 0 fully saturated rings. The third-order valence-electron chi connectivity index (χ3n) is 4.07. The molecule has 0 heterocycles. The number of anilines is 2. The van der Waals surface area contributed by atoms with Crippen LogP contribution in [-0.4, -0.2) is 36.3 Å². The molecule has 0 aliphatic rings. The minimum Gasteiger partial charge on any atom is -0.351 e. The molecule has 0 atom stereocenters. The van der Waals surface area contributed by atoms with Crippen molar-refractivity contribution in [2.45, 2.75) is 20.8 Å². The maximum atomic E-state index is 12.5. The highest BCUT2D eigenvalue weighted by Crippen LogP contribution is 2.21. The molecule has 0 unspecified atom stereocenters. The van der Waals surface area contributed by atoms with Gasteiger partial charge in [-0.05, 0) is 56.2 Å². The normalized spacial score (nSPS) is 10.2. The predicted molar refractivity (Wildman–Crippen MR) is 106 cm³/mol. The van der Waals surface area contributed by atoms with Gasteiger partial charge in [0.05, 0.1) is 6.54 Å². The van der Waals surface area contributed by atoms with Crippen molar-refractivity contribution in [1.82, 2.24) is 4.90 Å². The Balaban J connectivity index is 2.01. The molecule has 2 aromatic rings. The largest absolute Gasteiger partial charge is 0.351 e. The lowest BCUT2D eigenvalue weighted by atomic mass is 10.1. The number of likely N-dealkylation sites (N-methyl/N-ethyl adjacent to an activating group) is 1. The predicted octanol–water partition coefficient (Wildman–Crippen LogP) is 2.81. The number of amides is 4. The van der Waals surface area contributed by atoms with E-state index >= 15 is 0 Å². The minimum absolute atomic E-state index is 0.0765. The standard InChI is InChI=1S/C20H24N4O3/c1-12-9-13(2)18(14(3)10-12)23-17(25)11-24(4)19(26)15-5-7-16(8-6-15)22-20(21)27/h5-10H,11H2,1-4H3,(H,23,25)(H3,21,22,27). The lowest BCUT2D eigenvalue weighted by Gasteiger charge is -2.18. The van der Waals surface area contributed by atoms with Crippen molar-refractivity contribution < 1.29 is 14.4 Å². The third kappa shape index (κ3) is 5.31. The van der Waals surface area contributed by atoms with Crippen molar-refractivity contribution in [3.63, 3.8) is 0 Å². The molecule has 4 N–H and O–H groups in total. The molecule has 0 aromatic heterocycles. The number of hydrogen-bond donors (Lipinski definition) is 3. The number of hydrogen-bond acceptors (Lipinski definition) is 3. The lowest BCUT2D eigenvalue weighted by Crippen LogP contribution is -2.35. The fraction of sp³-hybridized carbons (Fsp3) is 0.250. The van der Waals surface area contributed by atoms with E-state index in [9.17, 15) is 14.4 Å². The number of nitrogens with two attached hydrogens (primary N) is 1. The summed E-state index contributed by atoms with van der Waals surface area (Å²) in [5.41, 5.74) is 9.80. The highest BCUT2D eigenvalue weighted by atomic mass is 16.2. The number of nitrogens with zero attached hydrogens (tertiary/aromatic N) is 1. The molecule has 7 heteroatoms. The number of benzene rings is 2. The van der Waals surface area contributed by atoms with E-state index in [1.54, 1.807) is 31.3 Å². The zero-order chi connectivity index (χ0) is 20.1. The summed E-state index contributed by atoms with van der Waals surface area (Å²) in [5, 5.41) is 5.30. The fourth-order valence-electron chi connectivity index (χ4n) is 2.90. The Morgan fingerprint density at radius 2 is 1.52 bits per heavy atom. The van der Waals surface area contributed by atoms with E-state index in [2.05, 4.69) is 10.6 Å². The molecule has 142 valence electrons. The summed E-state index contributed by atoms with van der Waals surface area (Å²) in [5.74, 6) is -0.568. The van der Waals surface area contributed by atoms with Gasteiger partial charge in [0.1, 0.15) is 0 Å². The van der Waals surface area contributed by atoms with Crippen LogP contribution in [0.15, 0.2) is 36.4 Å². The van der Waals surface area contributed by atoms with Gasteiger partial charge >= 0.3 is 6.03 Å². The lowest BCUT2D eigenvalue weighted by molar-refractivity contribution is -0.116. The highest BCUT2D eigenvalue weighted by molar-refractivity contribution is 6.00. The monoisotopic (exact) mass is 368 g/mol. The summed E-state index contributed by atoms with van der Waals surface area (Å²) < 4.78 is 0. The molecular weight excluding hydrogens is 344 g/mol. The fourth-order valence-corrected chi connectivity index (χ4v) is 2.90. The van der Waals surface area contributed by atoms with Crippen LogP contribution in [0.5, 0.6) is 0 Å². The van der Waals surface area contributed by atoms with Gasteiger partial charge in [-0.25, -0.2) is 4.79 Å². The first-order chi connectivity index (χ1) is 12.7. The quantitative estimate of drug-likeness (QED) is 0.756. The Bertz CT molecular complexity index is 852. The first kappa shape index (κ1) is 20.0. The Hall–Kier alpha value is -3.35. The number of primary amides is 1. The molecule has 0 bridgehead atoms. The summed E-state index contributed by atoms with van der Waals surface area (Å²) in [6.07, 6.45) is 0. The van der Waals surface area contributed by atoms with E-state index in [-0.39, 0.29) is 18.4 Å². The average Bonchev–Trinajstić information content (AvgIpc) is 2.57. The number of carbonyl (C=O) groups excluding carboxylic acids is 3. The zero-order valence-electron chi connectivity index (χ0n) is 15.9. The summed E-state index contributed by atoms with van der Waals surface area (Å²) >= 11 is 0. The van der Waals surface area contributed by atoms with Gasteiger partial charge < -0.3 is 21.3 Å². The molecule has 0 saturated carbocycles. The maximum Gasteiger partial charge on any atom is 0.316 e. The molecule has 4 amide bonds. The van der Waals surface area contributed by atoms with E-state index in [0.717, 1.165) is 22.4 Å². The first-order valence-corrected chi connectivity index (χ1v) is 8.47. The van der Waals surface area contributed by atoms with Crippen LogP contribution in [0.3, 0.4) is 0 Å². The number of urea groups is 1. The van der Waals surface area contributed by atoms with Gasteiger partial charge in [0.2, 0.25) is 5.91 Å². The van der Waals surface area contributed by atoms with Crippen molar-refractivity contribution >= 4 is 29.2 Å². The van der Waals surface area contributed by atoms with E-state index in [0.29, 0.717) is 11.3 Å². The summed E-state index contributed by atoms with van der Waals surface area (Å²) in [6, 6.07) is 9.60. The molecule has 27 heavy (non-hydrogen) atoms. The van der Waals surface area contributed by atoms with Crippen LogP contribution < -0.4 is 16.4 Å². The average molecular weight is 368 g/mol. The summed E-state index contributed by atoms with van der Waals surface area (Å²) in [7, 11) is 1.56. The molecule has 7 nitrogen and oxygen atoms in total. The second kappa shape index (κ2) is 8.35. The molecule has 2 aromatic carbocycles. The number of rotatable bonds is 5. The van der Waals surface area contributed by atoms with Crippen LogP contribution >= 0.6 is 0 Å². The van der Waals surface area contributed by atoms with Crippen molar-refractivity contribution in [2.24, 2.45) is 5.73 Å². The summed E-state index contributed by atoms with van der Waals surface area (Å²) in [6.45, 7) is 5.80. The SMILES string of the molecule is Cc1cc(C)c(NC(=O)CN(C)C(=O)c2ccc(NC(N)=O)cc2)c(C)c1. The van der Waals surface area contributed by atoms with Gasteiger partial charge in [-0.15, -0.1) is 0 Å². The van der Waals surface area contributed by atoms with Crippen molar-refractivity contribution in [3.05, 3.63) is 58.7 Å². The highest BCUT2D eigenvalue weighted by Gasteiger charge is 2.16. The zero-order valence-corrected chi connectivity index (χ0v) is 15.9. The van der Waals surface area contributed by atoms with Gasteiger partial charge in [-0.1, -0.05) is 17.7 Å². The molecule has 0 aliphatic heterocycles. The Labute approximate surface area is 158 Å². The van der Waals surface area contributed by atoms with Gasteiger partial charge in [-0.3, -0.25) is 9.59 Å². The van der Waals surface area contributed by atoms with Crippen LogP contribution in [0, 0.1) is 20.8 Å². The van der Waals surface area contributed by atoms with Gasteiger partial charge in [0.25, 0.3) is 5.91 Å². The van der Waals surface area contributed by atoms with E-state index < -0.39 is 6.03 Å². The number of aryl methyl sites for hydroxylation is 3. The van der Waals surface area contributed by atoms with Crippen molar-refractivity contribution in [2.75, 3.05) is 24.2 Å². The smallest absolute Gasteiger partial charge is 0.316 e. The van der Waals surface area contributed by atoms with Crippen LogP contribution in [0.1, 0.15) is 27.0 Å². The van der Waals surface area contributed by atoms with Crippen LogP contribution in [-0.2, 0) is 4.79 Å². The molecule has 0 radical (unpaired) electrons. The Morgan fingerprint density at radius 3 is 2.04 bits per heavy atom. The van der Waals surface area contributed by atoms with Gasteiger partial charge in [0, 0.05) is 24.0 Å². The second-order valence-corrected chi connectivity index (χ2v) is 6.55. The second-order valence-electron chi connectivity index (χ2n) is 6.55. The molecular formula is C20H24N4O3. The van der Waals surface area contributed by atoms with Crippen LogP contribution in [0.2, 0.25) is 0 Å². The Morgan fingerprint density at radius 1 is 0.963 bits per heavy atom. The maximum absolute atomic E-state index is 12.5. The summed E-state index contributed by atoms with van der Waals surface area (Å²) in [4.78, 5) is 37.0. The third-order valence-corrected chi connectivity index (χ3v) is 4.07. The molecule has 0 saturated heterocycles. The van der Waals surface area contributed by atoms with E-state index in [4.69, 9.17) is 5.73 Å². The van der Waals surface area contributed by atoms with Crippen molar-refractivity contribution in [3.8, 4) is 0 Å². The van der Waals surface area contributed by atoms with E-state index in [1.807, 2.05) is 32.9 Å². The molecule has 2 rings (SSSR count).